The van der Waals surface area contributed by atoms with Crippen molar-refractivity contribution in [1.82, 2.24) is 4.90 Å². The van der Waals surface area contributed by atoms with Crippen molar-refractivity contribution in [1.29, 1.82) is 0 Å². The molecule has 33 heavy (non-hydrogen) atoms. The second kappa shape index (κ2) is 9.26. The number of hydrogen-bond acceptors (Lipinski definition) is 3. The van der Waals surface area contributed by atoms with Crippen LogP contribution in [0.3, 0.4) is 0 Å². The number of fused-ring (bicyclic) bond motifs is 1. The van der Waals surface area contributed by atoms with Crippen molar-refractivity contribution < 1.29 is 14.3 Å². The summed E-state index contributed by atoms with van der Waals surface area (Å²) in [6.07, 6.45) is 3.32. The van der Waals surface area contributed by atoms with Crippen molar-refractivity contribution >= 4 is 14.9 Å². The van der Waals surface area contributed by atoms with Gasteiger partial charge < -0.3 is 14.4 Å². The average molecular weight is 465 g/mol. The van der Waals surface area contributed by atoms with Crippen LogP contribution in [0, 0.1) is 11.8 Å². The molecule has 1 saturated carbocycles. The molecule has 5 heteroatoms. The quantitative estimate of drug-likeness (QED) is 0.585. The van der Waals surface area contributed by atoms with Gasteiger partial charge in [0, 0.05) is 24.2 Å². The lowest BCUT2D eigenvalue weighted by atomic mass is 9.66. The number of carbonyl (C=O) groups is 1. The van der Waals surface area contributed by atoms with Crippen LogP contribution in [0.25, 0.3) is 0 Å². The Labute approximate surface area is 200 Å². The monoisotopic (exact) mass is 464 g/mol. The zero-order chi connectivity index (χ0) is 23.8. The number of hydrogen-bond donors (Lipinski definition) is 1. The fraction of sp³-hybridized carbons (Fsp3) is 0.536. The molecule has 1 aliphatic carbocycles. The van der Waals surface area contributed by atoms with E-state index in [4.69, 9.17) is 4.43 Å². The molecule has 1 N–H and O–H groups in total. The summed E-state index contributed by atoms with van der Waals surface area (Å²) >= 11 is 0. The first-order valence-corrected chi connectivity index (χ1v) is 14.7. The molecule has 1 radical (unpaired) electrons. The SMILES string of the molecule is C[Si](C)Oc1cc(C(C)(C)C)ccc1C1(O)CCC2CN(C(=O)c3ccccc3)CCC2C1. The number of nitrogens with zero attached hydrogens (tertiary/aromatic N) is 1. The highest BCUT2D eigenvalue weighted by atomic mass is 28.3. The summed E-state index contributed by atoms with van der Waals surface area (Å²) in [6.45, 7) is 12.4. The van der Waals surface area contributed by atoms with Crippen molar-refractivity contribution in [2.45, 2.75) is 70.6 Å². The number of piperidine rings is 1. The molecule has 0 bridgehead atoms. The number of amides is 1. The molecule has 2 aromatic carbocycles. The normalized spacial score (nSPS) is 25.6. The smallest absolute Gasteiger partial charge is 0.274 e. The molecule has 1 saturated heterocycles. The minimum atomic E-state index is -0.956. The molecule has 1 aliphatic heterocycles. The molecule has 0 aromatic heterocycles. The molecule has 2 aliphatic rings. The van der Waals surface area contributed by atoms with E-state index in [-0.39, 0.29) is 11.3 Å². The van der Waals surface area contributed by atoms with Crippen molar-refractivity contribution in [2.24, 2.45) is 11.8 Å². The van der Waals surface area contributed by atoms with E-state index in [1.54, 1.807) is 0 Å². The largest absolute Gasteiger partial charge is 0.542 e. The molecule has 4 nitrogen and oxygen atoms in total. The van der Waals surface area contributed by atoms with Gasteiger partial charge in [0.2, 0.25) is 0 Å². The second-order valence-electron chi connectivity index (χ2n) is 11.2. The highest BCUT2D eigenvalue weighted by molar-refractivity contribution is 6.49. The van der Waals surface area contributed by atoms with Crippen molar-refractivity contribution in [3.8, 4) is 5.75 Å². The molecule has 2 aromatic rings. The van der Waals surface area contributed by atoms with E-state index in [0.717, 1.165) is 49.2 Å². The van der Waals surface area contributed by atoms with Crippen LogP contribution in [0.5, 0.6) is 5.75 Å². The van der Waals surface area contributed by atoms with E-state index in [9.17, 15) is 9.90 Å². The van der Waals surface area contributed by atoms with E-state index in [0.29, 0.717) is 18.3 Å². The number of benzene rings is 2. The summed E-state index contributed by atoms with van der Waals surface area (Å²) in [7, 11) is -0.956. The maximum atomic E-state index is 12.9. The molecule has 0 spiro atoms. The Morgan fingerprint density at radius 1 is 1.09 bits per heavy atom. The van der Waals surface area contributed by atoms with Crippen LogP contribution in [-0.4, -0.2) is 38.0 Å². The summed E-state index contributed by atoms with van der Waals surface area (Å²) in [4.78, 5) is 15.0. The Morgan fingerprint density at radius 3 is 2.48 bits per heavy atom. The molecule has 4 rings (SSSR count). The van der Waals surface area contributed by atoms with Crippen LogP contribution in [0.15, 0.2) is 48.5 Å². The Balaban J connectivity index is 1.52. The molecule has 1 amide bonds. The molecule has 1 heterocycles. The summed E-state index contributed by atoms with van der Waals surface area (Å²) in [5, 5.41) is 11.9. The van der Waals surface area contributed by atoms with Crippen LogP contribution in [0.4, 0.5) is 0 Å². The van der Waals surface area contributed by atoms with Gasteiger partial charge in [-0.25, -0.2) is 0 Å². The predicted octanol–water partition coefficient (Wildman–Crippen LogP) is 5.76. The summed E-state index contributed by atoms with van der Waals surface area (Å²) < 4.78 is 6.32. The first-order chi connectivity index (χ1) is 15.6. The highest BCUT2D eigenvalue weighted by Crippen LogP contribution is 2.48. The molecule has 177 valence electrons. The molecule has 2 fully saturated rings. The topological polar surface area (TPSA) is 49.8 Å². The van der Waals surface area contributed by atoms with Crippen molar-refractivity contribution in [3.05, 3.63) is 65.2 Å². The minimum Gasteiger partial charge on any atom is -0.542 e. The Hall–Kier alpha value is -2.11. The van der Waals surface area contributed by atoms with E-state index < -0.39 is 14.6 Å². The Kier molecular flexibility index (Phi) is 6.74. The standard InChI is InChI=1S/C28H38NO3Si/c1-27(2,3)23-11-12-24(25(17-23)32-33(4)5)28(31)15-13-22-19-29(16-14-21(22)18-28)26(30)20-9-7-6-8-10-20/h6-12,17,21-22,31H,13-16,18-19H2,1-5H3. The number of likely N-dealkylation sites (tertiary alicyclic amines) is 1. The number of rotatable bonds is 4. The van der Waals surface area contributed by atoms with Crippen molar-refractivity contribution in [2.75, 3.05) is 13.1 Å². The molecular weight excluding hydrogens is 426 g/mol. The lowest BCUT2D eigenvalue weighted by molar-refractivity contribution is -0.0582. The fourth-order valence-electron chi connectivity index (χ4n) is 5.51. The van der Waals surface area contributed by atoms with Gasteiger partial charge in [-0.15, -0.1) is 0 Å². The van der Waals surface area contributed by atoms with Gasteiger partial charge in [-0.1, -0.05) is 51.1 Å². The Bertz CT molecular complexity index is 984. The predicted molar refractivity (Wildman–Crippen MR) is 135 cm³/mol. The summed E-state index contributed by atoms with van der Waals surface area (Å²) in [5.41, 5.74) is 2.11. The van der Waals surface area contributed by atoms with Crippen LogP contribution in [-0.2, 0) is 11.0 Å². The van der Waals surface area contributed by atoms with Crippen LogP contribution < -0.4 is 4.43 Å². The lowest BCUT2D eigenvalue weighted by Gasteiger charge is -2.47. The lowest BCUT2D eigenvalue weighted by Crippen LogP contribution is -2.48. The van der Waals surface area contributed by atoms with Gasteiger partial charge in [0.05, 0.1) is 5.60 Å². The maximum Gasteiger partial charge on any atom is 0.274 e. The fourth-order valence-corrected chi connectivity index (χ4v) is 6.12. The molecule has 3 unspecified atom stereocenters. The Morgan fingerprint density at radius 2 is 1.82 bits per heavy atom. The van der Waals surface area contributed by atoms with Gasteiger partial charge in [-0.2, -0.15) is 0 Å². The first kappa shape index (κ1) is 24.0. The van der Waals surface area contributed by atoms with Gasteiger partial charge in [0.1, 0.15) is 5.75 Å². The van der Waals surface area contributed by atoms with Gasteiger partial charge in [0.15, 0.2) is 0 Å². The van der Waals surface area contributed by atoms with Crippen LogP contribution >= 0.6 is 0 Å². The van der Waals surface area contributed by atoms with Gasteiger partial charge in [0.25, 0.3) is 14.9 Å². The minimum absolute atomic E-state index is 0.0312. The second-order valence-corrected chi connectivity index (χ2v) is 13.2. The van der Waals surface area contributed by atoms with Gasteiger partial charge >= 0.3 is 0 Å². The third-order valence-corrected chi connectivity index (χ3v) is 8.02. The van der Waals surface area contributed by atoms with E-state index >= 15 is 0 Å². The van der Waals surface area contributed by atoms with Crippen LogP contribution in [0.2, 0.25) is 13.1 Å². The van der Waals surface area contributed by atoms with Gasteiger partial charge in [-0.05, 0) is 79.8 Å². The number of aliphatic hydroxyl groups is 1. The third-order valence-electron chi connectivity index (χ3n) is 7.39. The molecular formula is C28H38NO3Si. The third kappa shape index (κ3) is 5.20. The number of carbonyl (C=O) groups excluding carboxylic acids is 1. The van der Waals surface area contributed by atoms with Gasteiger partial charge in [-0.3, -0.25) is 4.79 Å². The van der Waals surface area contributed by atoms with Crippen molar-refractivity contribution in [3.63, 3.8) is 0 Å². The van der Waals surface area contributed by atoms with E-state index in [2.05, 4.69) is 52.1 Å². The van der Waals surface area contributed by atoms with E-state index in [1.165, 1.54) is 5.56 Å². The first-order valence-electron chi connectivity index (χ1n) is 12.3. The molecule has 3 atom stereocenters. The highest BCUT2D eigenvalue weighted by Gasteiger charge is 2.44. The van der Waals surface area contributed by atoms with Crippen LogP contribution in [0.1, 0.15) is 67.9 Å². The summed E-state index contributed by atoms with van der Waals surface area (Å²) in [5.74, 6) is 1.86. The average Bonchev–Trinajstić information content (AvgIpc) is 2.77. The zero-order valence-corrected chi connectivity index (χ0v) is 21.7. The zero-order valence-electron chi connectivity index (χ0n) is 20.7. The van der Waals surface area contributed by atoms with E-state index in [1.807, 2.05) is 35.2 Å². The maximum absolute atomic E-state index is 12.9. The summed E-state index contributed by atoms with van der Waals surface area (Å²) in [6, 6.07) is 16.0.